The molecule has 0 amide bonds. The number of hydrogen-bond acceptors (Lipinski definition) is 4. The maximum atomic E-state index is 9.59. The lowest BCUT2D eigenvalue weighted by Gasteiger charge is -2.33. The van der Waals surface area contributed by atoms with Crippen molar-refractivity contribution in [1.29, 1.82) is 0 Å². The Labute approximate surface area is 202 Å². The monoisotopic (exact) mass is 453 g/mol. The van der Waals surface area contributed by atoms with Crippen molar-refractivity contribution in [1.82, 2.24) is 14.9 Å². The summed E-state index contributed by atoms with van der Waals surface area (Å²) < 4.78 is 0. The molecule has 1 rings (SSSR count). The zero-order valence-corrected chi connectivity index (χ0v) is 22.2. The van der Waals surface area contributed by atoms with Gasteiger partial charge < -0.3 is 10.1 Å². The summed E-state index contributed by atoms with van der Waals surface area (Å²) in [5.74, 6) is 0. The van der Waals surface area contributed by atoms with Crippen LogP contribution in [0.1, 0.15) is 129 Å². The zero-order chi connectivity index (χ0) is 23.1. The molecule has 1 aliphatic rings. The summed E-state index contributed by atoms with van der Waals surface area (Å²) >= 11 is 0. The van der Waals surface area contributed by atoms with Crippen LogP contribution in [0.25, 0.3) is 0 Å². The first-order valence-corrected chi connectivity index (χ1v) is 14.6. The maximum absolute atomic E-state index is 9.59. The van der Waals surface area contributed by atoms with Crippen LogP contribution < -0.4 is 0 Å². The number of unbranched alkanes of at least 4 members (excludes halogenated alkanes) is 16. The molecule has 0 unspecified atom stereocenters. The van der Waals surface area contributed by atoms with Gasteiger partial charge in [0.2, 0.25) is 0 Å². The van der Waals surface area contributed by atoms with Gasteiger partial charge in [-0.2, -0.15) is 5.06 Å². The Hall–Kier alpha value is -0.160. The molecule has 0 saturated carbocycles. The standard InChI is InChI=1S/C28H59N3O/c1-3-5-7-9-11-13-14-16-18-20-22-29(21-19-17-15-12-10-8-6-4-2)23-24-30-25-27-31(32)28-26-30/h32H,3-28H2,1-2H3. The summed E-state index contributed by atoms with van der Waals surface area (Å²) in [7, 11) is 0. The summed E-state index contributed by atoms with van der Waals surface area (Å²) in [4.78, 5) is 5.28. The van der Waals surface area contributed by atoms with Crippen LogP contribution in [0.4, 0.5) is 0 Å². The quantitative estimate of drug-likeness (QED) is 0.164. The molecule has 1 fully saturated rings. The molecule has 1 aliphatic heterocycles. The van der Waals surface area contributed by atoms with Gasteiger partial charge in [-0.15, -0.1) is 0 Å². The van der Waals surface area contributed by atoms with Crippen LogP contribution in [-0.2, 0) is 0 Å². The van der Waals surface area contributed by atoms with Crippen molar-refractivity contribution in [2.24, 2.45) is 0 Å². The van der Waals surface area contributed by atoms with Gasteiger partial charge in [0.05, 0.1) is 0 Å². The fourth-order valence-electron chi connectivity index (χ4n) is 4.87. The van der Waals surface area contributed by atoms with Crippen LogP contribution in [0.3, 0.4) is 0 Å². The van der Waals surface area contributed by atoms with E-state index in [0.29, 0.717) is 0 Å². The molecule has 32 heavy (non-hydrogen) atoms. The Morgan fingerprint density at radius 3 is 1.28 bits per heavy atom. The first-order chi connectivity index (χ1) is 15.8. The Morgan fingerprint density at radius 1 is 0.500 bits per heavy atom. The van der Waals surface area contributed by atoms with Gasteiger partial charge in [-0.3, -0.25) is 4.90 Å². The average molecular weight is 454 g/mol. The number of hydrogen-bond donors (Lipinski definition) is 1. The van der Waals surface area contributed by atoms with E-state index in [0.717, 1.165) is 26.2 Å². The molecular weight excluding hydrogens is 394 g/mol. The van der Waals surface area contributed by atoms with Crippen molar-refractivity contribution < 1.29 is 5.21 Å². The topological polar surface area (TPSA) is 30.0 Å². The highest BCUT2D eigenvalue weighted by Gasteiger charge is 2.15. The lowest BCUT2D eigenvalue weighted by Crippen LogP contribution is -2.47. The molecule has 0 radical (unpaired) electrons. The Bertz CT molecular complexity index is 372. The molecule has 4 nitrogen and oxygen atoms in total. The minimum Gasteiger partial charge on any atom is -0.314 e. The molecular formula is C28H59N3O. The fourth-order valence-corrected chi connectivity index (χ4v) is 4.87. The third-order valence-corrected chi connectivity index (χ3v) is 7.24. The Morgan fingerprint density at radius 2 is 0.875 bits per heavy atom. The lowest BCUT2D eigenvalue weighted by atomic mass is 10.1. The molecule has 0 aromatic heterocycles. The summed E-state index contributed by atoms with van der Waals surface area (Å²) in [6.07, 6.45) is 25.5. The minimum atomic E-state index is 0.802. The van der Waals surface area contributed by atoms with Gasteiger partial charge in [-0.25, -0.2) is 0 Å². The molecule has 1 saturated heterocycles. The van der Waals surface area contributed by atoms with E-state index in [1.165, 1.54) is 147 Å². The molecule has 0 atom stereocenters. The van der Waals surface area contributed by atoms with E-state index < -0.39 is 0 Å². The summed E-state index contributed by atoms with van der Waals surface area (Å²) in [6.45, 7) is 13.2. The maximum Gasteiger partial charge on any atom is 0.0366 e. The Kier molecular flexibility index (Phi) is 21.1. The van der Waals surface area contributed by atoms with E-state index in [1.54, 1.807) is 0 Å². The SMILES string of the molecule is CCCCCCCCCCCCN(CCCCCCCCCC)CCN1CCN(O)CC1. The van der Waals surface area contributed by atoms with Gasteiger partial charge in [0, 0.05) is 39.3 Å². The van der Waals surface area contributed by atoms with Gasteiger partial charge in [0.1, 0.15) is 0 Å². The first-order valence-electron chi connectivity index (χ1n) is 14.6. The normalized spacial score (nSPS) is 15.8. The second kappa shape index (κ2) is 22.6. The van der Waals surface area contributed by atoms with E-state index in [4.69, 9.17) is 0 Å². The fraction of sp³-hybridized carbons (Fsp3) is 1.00. The molecule has 0 bridgehead atoms. The van der Waals surface area contributed by atoms with E-state index in [9.17, 15) is 5.21 Å². The van der Waals surface area contributed by atoms with Crippen LogP contribution in [0.15, 0.2) is 0 Å². The first kappa shape index (κ1) is 29.9. The average Bonchev–Trinajstić information content (AvgIpc) is 2.80. The molecule has 0 aromatic carbocycles. The third kappa shape index (κ3) is 18.3. The van der Waals surface area contributed by atoms with Gasteiger partial charge in [0.15, 0.2) is 0 Å². The highest BCUT2D eigenvalue weighted by molar-refractivity contribution is 4.69. The van der Waals surface area contributed by atoms with Gasteiger partial charge >= 0.3 is 0 Å². The molecule has 4 heteroatoms. The van der Waals surface area contributed by atoms with Crippen molar-refractivity contribution in [2.75, 3.05) is 52.4 Å². The minimum absolute atomic E-state index is 0.802. The number of rotatable bonds is 23. The molecule has 0 aliphatic carbocycles. The second-order valence-electron chi connectivity index (χ2n) is 10.3. The zero-order valence-electron chi connectivity index (χ0n) is 22.2. The van der Waals surface area contributed by atoms with Crippen molar-refractivity contribution in [2.45, 2.75) is 129 Å². The van der Waals surface area contributed by atoms with Crippen molar-refractivity contribution >= 4 is 0 Å². The van der Waals surface area contributed by atoms with Crippen molar-refractivity contribution in [3.8, 4) is 0 Å². The van der Waals surface area contributed by atoms with Crippen molar-refractivity contribution in [3.05, 3.63) is 0 Å². The second-order valence-corrected chi connectivity index (χ2v) is 10.3. The summed E-state index contributed by atoms with van der Waals surface area (Å²) in [6, 6.07) is 0. The van der Waals surface area contributed by atoms with Gasteiger partial charge in [0.25, 0.3) is 0 Å². The van der Waals surface area contributed by atoms with E-state index in [1.807, 2.05) is 0 Å². The van der Waals surface area contributed by atoms with Crippen LogP contribution in [-0.4, -0.2) is 72.4 Å². The van der Waals surface area contributed by atoms with Crippen LogP contribution in [0, 0.1) is 0 Å². The molecule has 192 valence electrons. The molecule has 1 heterocycles. The number of hydroxylamine groups is 2. The predicted octanol–water partition coefficient (Wildman–Crippen LogP) is 7.36. The lowest BCUT2D eigenvalue weighted by molar-refractivity contribution is -0.117. The third-order valence-electron chi connectivity index (χ3n) is 7.24. The van der Waals surface area contributed by atoms with Crippen LogP contribution in [0.2, 0.25) is 0 Å². The van der Waals surface area contributed by atoms with Gasteiger partial charge in [-0.1, -0.05) is 117 Å². The Balaban J connectivity index is 2.13. The predicted molar refractivity (Wildman–Crippen MR) is 141 cm³/mol. The molecule has 0 aromatic rings. The summed E-state index contributed by atoms with van der Waals surface area (Å²) in [5, 5.41) is 11.1. The summed E-state index contributed by atoms with van der Waals surface area (Å²) in [5.41, 5.74) is 0. The highest BCUT2D eigenvalue weighted by Crippen LogP contribution is 2.12. The van der Waals surface area contributed by atoms with E-state index >= 15 is 0 Å². The van der Waals surface area contributed by atoms with Gasteiger partial charge in [-0.05, 0) is 25.9 Å². The van der Waals surface area contributed by atoms with E-state index in [2.05, 4.69) is 23.6 Å². The largest absolute Gasteiger partial charge is 0.314 e. The van der Waals surface area contributed by atoms with Crippen molar-refractivity contribution in [3.63, 3.8) is 0 Å². The number of piperazine rings is 1. The highest BCUT2D eigenvalue weighted by atomic mass is 16.5. The van der Waals surface area contributed by atoms with E-state index in [-0.39, 0.29) is 0 Å². The molecule has 1 N–H and O–H groups in total. The molecule has 0 spiro atoms. The van der Waals surface area contributed by atoms with Crippen LogP contribution in [0.5, 0.6) is 0 Å². The smallest absolute Gasteiger partial charge is 0.0366 e. The number of nitrogens with zero attached hydrogens (tertiary/aromatic N) is 3. The van der Waals surface area contributed by atoms with Crippen LogP contribution >= 0.6 is 0 Å².